The molecule has 0 amide bonds. The van der Waals surface area contributed by atoms with Gasteiger partial charge in [0.25, 0.3) is 0 Å². The van der Waals surface area contributed by atoms with Crippen LogP contribution in [0.5, 0.6) is 0 Å². The molecule has 1 heterocycles. The minimum Gasteiger partial charge on any atom is -0.389 e. The maximum atomic E-state index is 10.2. The summed E-state index contributed by atoms with van der Waals surface area (Å²) in [6.07, 6.45) is 9.07. The van der Waals surface area contributed by atoms with E-state index in [2.05, 4.69) is 0 Å². The van der Waals surface area contributed by atoms with Gasteiger partial charge in [0, 0.05) is 5.75 Å². The molecule has 2 aliphatic rings. The highest BCUT2D eigenvalue weighted by molar-refractivity contribution is 7.99. The molecule has 2 heteroatoms. The van der Waals surface area contributed by atoms with E-state index < -0.39 is 0 Å². The summed E-state index contributed by atoms with van der Waals surface area (Å²) in [5.74, 6) is 2.99. The molecular weight excluding hydrogens is 180 g/mol. The van der Waals surface area contributed by atoms with Gasteiger partial charge in [0.15, 0.2) is 0 Å². The quantitative estimate of drug-likeness (QED) is 0.739. The van der Waals surface area contributed by atoms with Gasteiger partial charge in [-0.3, -0.25) is 0 Å². The lowest BCUT2D eigenvalue weighted by Gasteiger charge is -2.29. The van der Waals surface area contributed by atoms with Crippen LogP contribution in [0.4, 0.5) is 0 Å². The molecule has 1 N–H and O–H groups in total. The maximum Gasteiger partial charge on any atom is 0.0748 e. The van der Waals surface area contributed by atoms with Crippen molar-refractivity contribution in [2.75, 3.05) is 11.5 Å². The maximum absolute atomic E-state index is 10.2. The zero-order valence-corrected chi connectivity index (χ0v) is 9.11. The number of hydrogen-bond acceptors (Lipinski definition) is 2. The first-order valence-electron chi connectivity index (χ1n) is 5.59. The first-order chi connectivity index (χ1) is 6.29. The predicted octanol–water partition coefficient (Wildman–Crippen LogP) is 2.82. The van der Waals surface area contributed by atoms with Gasteiger partial charge in [-0.2, -0.15) is 11.8 Å². The first kappa shape index (κ1) is 9.85. The van der Waals surface area contributed by atoms with Crippen molar-refractivity contribution < 1.29 is 5.11 Å². The van der Waals surface area contributed by atoms with Gasteiger partial charge in [-0.25, -0.2) is 0 Å². The average molecular weight is 200 g/mol. The molecule has 1 atom stereocenters. The highest BCUT2D eigenvalue weighted by Gasteiger charge is 2.34. The first-order valence-corrected chi connectivity index (χ1v) is 6.74. The highest BCUT2D eigenvalue weighted by atomic mass is 32.2. The molecule has 0 spiro atoms. The molecule has 1 unspecified atom stereocenters. The van der Waals surface area contributed by atoms with Crippen molar-refractivity contribution in [2.45, 2.75) is 50.5 Å². The second-order valence-corrected chi connectivity index (χ2v) is 5.84. The standard InChI is InChI=1S/C11H20OS/c12-11(6-7-13-9-11)8-10-4-2-1-3-5-10/h10,12H,1-9H2. The third-order valence-corrected chi connectivity index (χ3v) is 4.71. The lowest BCUT2D eigenvalue weighted by Crippen LogP contribution is -2.31. The van der Waals surface area contributed by atoms with E-state index in [1.165, 1.54) is 37.9 Å². The van der Waals surface area contributed by atoms with E-state index >= 15 is 0 Å². The second kappa shape index (κ2) is 4.22. The van der Waals surface area contributed by atoms with Gasteiger partial charge in [0.1, 0.15) is 0 Å². The van der Waals surface area contributed by atoms with Crippen molar-refractivity contribution in [1.82, 2.24) is 0 Å². The second-order valence-electron chi connectivity index (χ2n) is 4.74. The molecule has 13 heavy (non-hydrogen) atoms. The van der Waals surface area contributed by atoms with Crippen LogP contribution in [0.15, 0.2) is 0 Å². The van der Waals surface area contributed by atoms with E-state index in [9.17, 15) is 5.11 Å². The van der Waals surface area contributed by atoms with E-state index in [1.54, 1.807) is 0 Å². The SMILES string of the molecule is OC1(CC2CCCCC2)CCSC1. The molecule has 1 aliphatic heterocycles. The van der Waals surface area contributed by atoms with E-state index in [0.29, 0.717) is 0 Å². The summed E-state index contributed by atoms with van der Waals surface area (Å²) in [4.78, 5) is 0. The number of hydrogen-bond donors (Lipinski definition) is 1. The summed E-state index contributed by atoms with van der Waals surface area (Å²) < 4.78 is 0. The molecule has 0 aromatic rings. The smallest absolute Gasteiger partial charge is 0.0748 e. The molecule has 76 valence electrons. The van der Waals surface area contributed by atoms with Crippen LogP contribution >= 0.6 is 11.8 Å². The molecule has 0 bridgehead atoms. The van der Waals surface area contributed by atoms with Crippen molar-refractivity contribution in [3.8, 4) is 0 Å². The molecule has 1 saturated carbocycles. The van der Waals surface area contributed by atoms with E-state index in [-0.39, 0.29) is 5.60 Å². The van der Waals surface area contributed by atoms with Crippen molar-refractivity contribution >= 4 is 11.8 Å². The Balaban J connectivity index is 1.81. The average Bonchev–Trinajstić information content (AvgIpc) is 2.54. The van der Waals surface area contributed by atoms with Crippen LogP contribution < -0.4 is 0 Å². The molecule has 0 aromatic carbocycles. The Morgan fingerprint density at radius 3 is 2.62 bits per heavy atom. The van der Waals surface area contributed by atoms with Gasteiger partial charge in [0.05, 0.1) is 5.60 Å². The Morgan fingerprint density at radius 2 is 2.00 bits per heavy atom. The van der Waals surface area contributed by atoms with Crippen LogP contribution in [-0.4, -0.2) is 22.2 Å². The van der Waals surface area contributed by atoms with Gasteiger partial charge in [-0.1, -0.05) is 32.1 Å². The zero-order valence-electron chi connectivity index (χ0n) is 8.30. The van der Waals surface area contributed by atoms with Crippen LogP contribution in [0, 0.1) is 5.92 Å². The van der Waals surface area contributed by atoms with Crippen LogP contribution in [0.2, 0.25) is 0 Å². The van der Waals surface area contributed by atoms with Crippen LogP contribution in [0.3, 0.4) is 0 Å². The van der Waals surface area contributed by atoms with Gasteiger partial charge < -0.3 is 5.11 Å². The fraction of sp³-hybridized carbons (Fsp3) is 1.00. The van der Waals surface area contributed by atoms with Gasteiger partial charge in [0.2, 0.25) is 0 Å². The van der Waals surface area contributed by atoms with Gasteiger partial charge in [-0.15, -0.1) is 0 Å². The molecule has 1 nitrogen and oxygen atoms in total. The summed E-state index contributed by atoms with van der Waals surface area (Å²) >= 11 is 1.92. The fourth-order valence-corrected chi connectivity index (χ4v) is 4.00. The normalized spacial score (nSPS) is 36.7. The molecule has 2 rings (SSSR count). The van der Waals surface area contributed by atoms with Crippen LogP contribution in [0.25, 0.3) is 0 Å². The largest absolute Gasteiger partial charge is 0.389 e. The van der Waals surface area contributed by atoms with E-state index in [4.69, 9.17) is 0 Å². The summed E-state index contributed by atoms with van der Waals surface area (Å²) in [7, 11) is 0. The Morgan fingerprint density at radius 1 is 1.23 bits per heavy atom. The highest BCUT2D eigenvalue weighted by Crippen LogP contribution is 2.37. The Kier molecular flexibility index (Phi) is 3.20. The Bertz CT molecular complexity index is 157. The minimum absolute atomic E-state index is 0.285. The third kappa shape index (κ3) is 2.63. The molecule has 0 radical (unpaired) electrons. The molecular formula is C11H20OS. The number of rotatable bonds is 2. The van der Waals surface area contributed by atoms with Gasteiger partial charge in [-0.05, 0) is 24.5 Å². The summed E-state index contributed by atoms with van der Waals surface area (Å²) in [5.41, 5.74) is -0.285. The molecule has 1 aliphatic carbocycles. The number of thioether (sulfide) groups is 1. The predicted molar refractivity (Wildman–Crippen MR) is 58.1 cm³/mol. The van der Waals surface area contributed by atoms with Crippen LogP contribution in [-0.2, 0) is 0 Å². The minimum atomic E-state index is -0.285. The molecule has 2 fully saturated rings. The van der Waals surface area contributed by atoms with Crippen molar-refractivity contribution in [3.05, 3.63) is 0 Å². The zero-order chi connectivity index (χ0) is 9.15. The van der Waals surface area contributed by atoms with E-state index in [0.717, 1.165) is 24.5 Å². The van der Waals surface area contributed by atoms with Crippen molar-refractivity contribution in [2.24, 2.45) is 5.92 Å². The third-order valence-electron chi connectivity index (χ3n) is 3.48. The van der Waals surface area contributed by atoms with Crippen molar-refractivity contribution in [1.29, 1.82) is 0 Å². The number of aliphatic hydroxyl groups is 1. The van der Waals surface area contributed by atoms with E-state index in [1.807, 2.05) is 11.8 Å². The Labute approximate surface area is 85.3 Å². The van der Waals surface area contributed by atoms with Gasteiger partial charge >= 0.3 is 0 Å². The molecule has 1 saturated heterocycles. The molecule has 0 aromatic heterocycles. The summed E-state index contributed by atoms with van der Waals surface area (Å²) in [6.45, 7) is 0. The summed E-state index contributed by atoms with van der Waals surface area (Å²) in [6, 6.07) is 0. The lowest BCUT2D eigenvalue weighted by atomic mass is 9.81. The van der Waals surface area contributed by atoms with Crippen LogP contribution in [0.1, 0.15) is 44.9 Å². The fourth-order valence-electron chi connectivity index (χ4n) is 2.69. The summed E-state index contributed by atoms with van der Waals surface area (Å²) in [5, 5.41) is 10.2. The lowest BCUT2D eigenvalue weighted by molar-refractivity contribution is 0.0350. The monoisotopic (exact) mass is 200 g/mol. The van der Waals surface area contributed by atoms with Crippen molar-refractivity contribution in [3.63, 3.8) is 0 Å². The topological polar surface area (TPSA) is 20.2 Å². The Hall–Kier alpha value is 0.310.